The molecule has 2 heterocycles. The molecule has 3 aromatic rings. The topological polar surface area (TPSA) is 40.6 Å². The van der Waals surface area contributed by atoms with Crippen LogP contribution in [0, 0.1) is 0 Å². The van der Waals surface area contributed by atoms with Crippen molar-refractivity contribution in [3.63, 3.8) is 0 Å². The smallest absolute Gasteiger partial charge is 0.254 e. The number of rotatable bonds is 9. The van der Waals surface area contributed by atoms with E-state index in [9.17, 15) is 9.59 Å². The molecule has 0 spiro atoms. The van der Waals surface area contributed by atoms with Crippen LogP contribution in [0.1, 0.15) is 84.1 Å². The Kier molecular flexibility index (Phi) is 8.88. The highest BCUT2D eigenvalue weighted by atomic mass is 32.1. The highest BCUT2D eigenvalue weighted by molar-refractivity contribution is 7.10. The number of carbonyl (C=O) groups excluding carboxylic acids is 2. The van der Waals surface area contributed by atoms with E-state index in [4.69, 9.17) is 0 Å². The number of nitrogens with zero attached hydrogens (tertiary/aromatic N) is 2. The fraction of sp³-hybridized carbons (Fsp3) is 0.394. The van der Waals surface area contributed by atoms with E-state index in [0.29, 0.717) is 18.7 Å². The molecule has 1 atom stereocenters. The van der Waals surface area contributed by atoms with Crippen molar-refractivity contribution in [1.29, 1.82) is 0 Å². The molecule has 0 fully saturated rings. The molecule has 200 valence electrons. The highest BCUT2D eigenvalue weighted by Gasteiger charge is 2.34. The maximum atomic E-state index is 13.8. The summed E-state index contributed by atoms with van der Waals surface area (Å²) in [6, 6.07) is 18.5. The van der Waals surface area contributed by atoms with Crippen molar-refractivity contribution in [3.05, 3.63) is 105 Å². The molecule has 2 amide bonds. The van der Waals surface area contributed by atoms with Crippen LogP contribution in [0.5, 0.6) is 0 Å². The molecule has 0 unspecified atom stereocenters. The second-order valence-corrected chi connectivity index (χ2v) is 12.2. The van der Waals surface area contributed by atoms with E-state index in [1.54, 1.807) is 22.3 Å². The van der Waals surface area contributed by atoms with Crippen molar-refractivity contribution in [2.45, 2.75) is 64.8 Å². The summed E-state index contributed by atoms with van der Waals surface area (Å²) in [5, 5.41) is 2.12. The maximum Gasteiger partial charge on any atom is 0.254 e. The van der Waals surface area contributed by atoms with Crippen LogP contribution in [0.15, 0.2) is 72.6 Å². The Hall–Kier alpha value is -3.18. The van der Waals surface area contributed by atoms with Crippen LogP contribution in [-0.4, -0.2) is 41.2 Å². The predicted molar refractivity (Wildman–Crippen MR) is 158 cm³/mol. The van der Waals surface area contributed by atoms with Gasteiger partial charge in [0, 0.05) is 23.5 Å². The Morgan fingerprint density at radius 3 is 2.42 bits per heavy atom. The van der Waals surface area contributed by atoms with Crippen LogP contribution < -0.4 is 0 Å². The zero-order valence-electron chi connectivity index (χ0n) is 23.2. The van der Waals surface area contributed by atoms with E-state index in [0.717, 1.165) is 31.2 Å². The first-order valence-electron chi connectivity index (χ1n) is 13.7. The Labute approximate surface area is 232 Å². The lowest BCUT2D eigenvalue weighted by Crippen LogP contribution is -2.46. The lowest BCUT2D eigenvalue weighted by atomic mass is 9.85. The quantitative estimate of drug-likeness (QED) is 0.276. The minimum Gasteiger partial charge on any atom is -0.330 e. The zero-order valence-corrected chi connectivity index (χ0v) is 24.0. The molecule has 0 bridgehead atoms. The molecular formula is C33H40N2O2S. The number of unbranched alkanes of at least 4 members (excludes halogenated alkanes) is 1. The molecule has 5 heteroatoms. The largest absolute Gasteiger partial charge is 0.330 e. The Morgan fingerprint density at radius 2 is 1.79 bits per heavy atom. The second-order valence-electron chi connectivity index (χ2n) is 11.2. The number of hydrogen-bond donors (Lipinski definition) is 0. The van der Waals surface area contributed by atoms with E-state index in [1.165, 1.54) is 21.6 Å². The monoisotopic (exact) mass is 528 g/mol. The van der Waals surface area contributed by atoms with Gasteiger partial charge in [0.05, 0.1) is 6.04 Å². The number of fused-ring (bicyclic) bond motifs is 1. The van der Waals surface area contributed by atoms with Gasteiger partial charge in [-0.3, -0.25) is 9.59 Å². The van der Waals surface area contributed by atoms with Gasteiger partial charge in [0.25, 0.3) is 5.91 Å². The molecule has 1 aliphatic rings. The van der Waals surface area contributed by atoms with Crippen LogP contribution >= 0.6 is 11.3 Å². The van der Waals surface area contributed by atoms with Crippen molar-refractivity contribution in [2.24, 2.45) is 0 Å². The lowest BCUT2D eigenvalue weighted by Gasteiger charge is -2.37. The first kappa shape index (κ1) is 27.8. The lowest BCUT2D eigenvalue weighted by molar-refractivity contribution is -0.133. The molecule has 0 saturated carbocycles. The van der Waals surface area contributed by atoms with Gasteiger partial charge in [0.1, 0.15) is 6.54 Å². The number of aryl methyl sites for hydroxylation is 1. The fourth-order valence-corrected chi connectivity index (χ4v) is 6.02. The normalized spacial score (nSPS) is 15.2. The minimum atomic E-state index is -0.148. The van der Waals surface area contributed by atoms with Crippen LogP contribution in [-0.2, 0) is 23.1 Å². The SMILES string of the molecule is C=CCN(CC(=O)N1CCc2sccc2[C@H]1c1ccc(C(C)(C)C)cc1)C(=O)c1ccc(CCCC)cc1. The van der Waals surface area contributed by atoms with Crippen LogP contribution in [0.4, 0.5) is 0 Å². The second kappa shape index (κ2) is 12.1. The van der Waals surface area contributed by atoms with Gasteiger partial charge in [-0.15, -0.1) is 17.9 Å². The first-order chi connectivity index (χ1) is 18.2. The summed E-state index contributed by atoms with van der Waals surface area (Å²) in [4.78, 5) is 32.2. The van der Waals surface area contributed by atoms with Gasteiger partial charge in [-0.25, -0.2) is 0 Å². The molecule has 38 heavy (non-hydrogen) atoms. The molecule has 1 aromatic heterocycles. The van der Waals surface area contributed by atoms with Crippen molar-refractivity contribution < 1.29 is 9.59 Å². The summed E-state index contributed by atoms with van der Waals surface area (Å²) in [6.07, 6.45) is 5.81. The van der Waals surface area contributed by atoms with E-state index < -0.39 is 0 Å². The number of hydrogen-bond acceptors (Lipinski definition) is 3. The third-order valence-electron chi connectivity index (χ3n) is 7.36. The first-order valence-corrected chi connectivity index (χ1v) is 14.6. The summed E-state index contributed by atoms with van der Waals surface area (Å²) >= 11 is 1.76. The van der Waals surface area contributed by atoms with Crippen molar-refractivity contribution in [1.82, 2.24) is 9.80 Å². The average molecular weight is 529 g/mol. The van der Waals surface area contributed by atoms with Gasteiger partial charge < -0.3 is 9.80 Å². The summed E-state index contributed by atoms with van der Waals surface area (Å²) in [5.74, 6) is -0.180. The minimum absolute atomic E-state index is 0.0263. The highest BCUT2D eigenvalue weighted by Crippen LogP contribution is 2.38. The van der Waals surface area contributed by atoms with Gasteiger partial charge >= 0.3 is 0 Å². The molecule has 4 rings (SSSR count). The Balaban J connectivity index is 1.56. The standard InChI is InChI=1S/C33H40N2O2S/c1-6-8-9-24-10-12-26(13-11-24)32(37)34(20-7-2)23-30(36)35-21-18-29-28(19-22-38-29)31(35)25-14-16-27(17-15-25)33(3,4)5/h7,10-17,19,22,31H,2,6,8-9,18,20-21,23H2,1,3-5H3/t31-/m1/s1. The van der Waals surface area contributed by atoms with Gasteiger partial charge in [-0.2, -0.15) is 0 Å². The van der Waals surface area contributed by atoms with Gasteiger partial charge in [0.15, 0.2) is 0 Å². The molecule has 0 N–H and O–H groups in total. The fourth-order valence-electron chi connectivity index (χ4n) is 5.12. The third-order valence-corrected chi connectivity index (χ3v) is 8.36. The third kappa shape index (κ3) is 6.27. The van der Waals surface area contributed by atoms with Crippen LogP contribution in [0.3, 0.4) is 0 Å². The number of carbonyl (C=O) groups is 2. The molecular weight excluding hydrogens is 488 g/mol. The van der Waals surface area contributed by atoms with Crippen LogP contribution in [0.25, 0.3) is 0 Å². The van der Waals surface area contributed by atoms with E-state index in [1.807, 2.05) is 29.2 Å². The van der Waals surface area contributed by atoms with Crippen LogP contribution in [0.2, 0.25) is 0 Å². The van der Waals surface area contributed by atoms with E-state index >= 15 is 0 Å². The molecule has 4 nitrogen and oxygen atoms in total. The van der Waals surface area contributed by atoms with E-state index in [-0.39, 0.29) is 29.8 Å². The van der Waals surface area contributed by atoms with E-state index in [2.05, 4.69) is 70.0 Å². The average Bonchev–Trinajstić information content (AvgIpc) is 3.39. The maximum absolute atomic E-state index is 13.8. The predicted octanol–water partition coefficient (Wildman–Crippen LogP) is 7.19. The number of amides is 2. The van der Waals surface area contributed by atoms with Crippen molar-refractivity contribution in [3.8, 4) is 0 Å². The van der Waals surface area contributed by atoms with Gasteiger partial charge in [-0.05, 0) is 70.5 Å². The summed E-state index contributed by atoms with van der Waals surface area (Å²) in [6.45, 7) is 13.6. The summed E-state index contributed by atoms with van der Waals surface area (Å²) < 4.78 is 0. The van der Waals surface area contributed by atoms with Crippen molar-refractivity contribution >= 4 is 23.2 Å². The summed E-state index contributed by atoms with van der Waals surface area (Å²) in [7, 11) is 0. The Bertz CT molecular complexity index is 1250. The van der Waals surface area contributed by atoms with Gasteiger partial charge in [0.2, 0.25) is 5.91 Å². The number of benzene rings is 2. The van der Waals surface area contributed by atoms with Gasteiger partial charge in [-0.1, -0.05) is 76.6 Å². The Morgan fingerprint density at radius 1 is 1.08 bits per heavy atom. The zero-order chi connectivity index (χ0) is 27.3. The molecule has 1 aliphatic heterocycles. The molecule has 2 aromatic carbocycles. The molecule has 0 aliphatic carbocycles. The number of thiophene rings is 1. The summed E-state index contributed by atoms with van der Waals surface area (Å²) in [5.41, 5.74) is 5.47. The molecule has 0 radical (unpaired) electrons. The van der Waals surface area contributed by atoms with Crippen molar-refractivity contribution in [2.75, 3.05) is 19.6 Å². The molecule has 0 saturated heterocycles.